The summed E-state index contributed by atoms with van der Waals surface area (Å²) in [6.45, 7) is 14.1. The predicted molar refractivity (Wildman–Crippen MR) is 363 cm³/mol. The van der Waals surface area contributed by atoms with Crippen molar-refractivity contribution in [1.82, 2.24) is 0 Å². The first-order valence-corrected chi connectivity index (χ1v) is 39.7. The molecule has 0 aliphatic carbocycles. The van der Waals surface area contributed by atoms with Crippen LogP contribution in [0.1, 0.15) is 351 Å². The number of unbranched alkanes of at least 4 members (excludes halogenated alkanes) is 33. The molecule has 6 atom stereocenters. The number of phosphoric ester groups is 2. The van der Waals surface area contributed by atoms with E-state index in [1.807, 2.05) is 0 Å². The summed E-state index contributed by atoms with van der Waals surface area (Å²) in [7, 11) is -9.90. The number of rotatable bonds is 68. The van der Waals surface area contributed by atoms with Crippen molar-refractivity contribution < 1.29 is 80.2 Å². The Bertz CT molecular complexity index is 1780. The predicted octanol–water partition coefficient (Wildman–Crippen LogP) is 20.1. The fraction of sp³-hybridized carbons (Fsp3) is 0.944. The third-order valence-corrected chi connectivity index (χ3v) is 18.6. The van der Waals surface area contributed by atoms with Crippen molar-refractivity contribution in [1.29, 1.82) is 0 Å². The van der Waals surface area contributed by atoms with Gasteiger partial charge in [0.1, 0.15) is 19.3 Å². The van der Waals surface area contributed by atoms with Gasteiger partial charge in [0, 0.05) is 25.7 Å². The summed E-state index contributed by atoms with van der Waals surface area (Å²) in [5.74, 6) is 0.838. The fourth-order valence-corrected chi connectivity index (χ4v) is 12.2. The molecule has 0 saturated heterocycles. The summed E-state index contributed by atoms with van der Waals surface area (Å²) >= 11 is 0. The van der Waals surface area contributed by atoms with Crippen LogP contribution in [0.4, 0.5) is 0 Å². The number of aliphatic hydroxyl groups is 1. The summed E-state index contributed by atoms with van der Waals surface area (Å²) in [5.41, 5.74) is 0. The Morgan fingerprint density at radius 2 is 0.533 bits per heavy atom. The molecule has 0 saturated carbocycles. The largest absolute Gasteiger partial charge is 0.472 e. The smallest absolute Gasteiger partial charge is 0.462 e. The number of hydrogen-bond acceptors (Lipinski definition) is 15. The van der Waals surface area contributed by atoms with Crippen LogP contribution in [-0.4, -0.2) is 96.7 Å². The fourth-order valence-electron chi connectivity index (χ4n) is 10.6. The molecule has 0 fully saturated rings. The summed E-state index contributed by atoms with van der Waals surface area (Å²) in [4.78, 5) is 72.5. The first-order valence-electron chi connectivity index (χ1n) is 36.7. The number of hydrogen-bond donors (Lipinski definition) is 3. The van der Waals surface area contributed by atoms with Gasteiger partial charge in [0.2, 0.25) is 0 Å². The van der Waals surface area contributed by atoms with Crippen molar-refractivity contribution in [2.75, 3.05) is 39.6 Å². The van der Waals surface area contributed by atoms with Crippen molar-refractivity contribution >= 4 is 39.5 Å². The van der Waals surface area contributed by atoms with Gasteiger partial charge in [-0.05, 0) is 49.4 Å². The second kappa shape index (κ2) is 60.7. The lowest BCUT2D eigenvalue weighted by Gasteiger charge is -2.21. The number of carbonyl (C=O) groups excluding carboxylic acids is 4. The average molecular weight is 1330 g/mol. The molecule has 3 unspecified atom stereocenters. The number of ether oxygens (including phenoxy) is 4. The van der Waals surface area contributed by atoms with Crippen molar-refractivity contribution in [3.63, 3.8) is 0 Å². The second-order valence-electron chi connectivity index (χ2n) is 27.3. The molecule has 0 heterocycles. The zero-order valence-electron chi connectivity index (χ0n) is 58.8. The maximum Gasteiger partial charge on any atom is 0.472 e. The Hall–Kier alpha value is -1.94. The van der Waals surface area contributed by atoms with Crippen LogP contribution in [0.5, 0.6) is 0 Å². The number of carbonyl (C=O) groups is 4. The van der Waals surface area contributed by atoms with Crippen molar-refractivity contribution in [2.24, 2.45) is 23.7 Å². The summed E-state index contributed by atoms with van der Waals surface area (Å²) in [5, 5.41) is 10.6. The summed E-state index contributed by atoms with van der Waals surface area (Å²) < 4.78 is 68.3. The van der Waals surface area contributed by atoms with Crippen LogP contribution in [0.15, 0.2) is 0 Å². The molecule has 0 aromatic carbocycles. The Morgan fingerprint density at radius 3 is 0.789 bits per heavy atom. The molecule has 0 aliphatic rings. The van der Waals surface area contributed by atoms with Gasteiger partial charge in [-0.2, -0.15) is 0 Å². The van der Waals surface area contributed by atoms with Crippen molar-refractivity contribution in [2.45, 2.75) is 369 Å². The second-order valence-corrected chi connectivity index (χ2v) is 30.2. The van der Waals surface area contributed by atoms with Gasteiger partial charge >= 0.3 is 39.5 Å². The van der Waals surface area contributed by atoms with E-state index in [-0.39, 0.29) is 25.7 Å². The molecule has 0 aliphatic heterocycles. The molecule has 0 amide bonds. The van der Waals surface area contributed by atoms with Gasteiger partial charge in [0.05, 0.1) is 26.4 Å². The van der Waals surface area contributed by atoms with Crippen LogP contribution in [-0.2, 0) is 65.4 Å². The molecule has 0 spiro atoms. The number of esters is 4. The minimum Gasteiger partial charge on any atom is -0.462 e. The van der Waals surface area contributed by atoms with Crippen molar-refractivity contribution in [3.8, 4) is 0 Å². The highest BCUT2D eigenvalue weighted by Gasteiger charge is 2.30. The lowest BCUT2D eigenvalue weighted by atomic mass is 10.00. The van der Waals surface area contributed by atoms with Gasteiger partial charge < -0.3 is 33.8 Å². The van der Waals surface area contributed by atoms with Crippen LogP contribution in [0, 0.1) is 23.7 Å². The van der Waals surface area contributed by atoms with E-state index in [0.29, 0.717) is 31.6 Å². The van der Waals surface area contributed by atoms with E-state index in [1.54, 1.807) is 0 Å². The molecule has 17 nitrogen and oxygen atoms in total. The minimum absolute atomic E-state index is 0.103. The van der Waals surface area contributed by atoms with E-state index in [1.165, 1.54) is 148 Å². The van der Waals surface area contributed by atoms with Crippen LogP contribution in [0.25, 0.3) is 0 Å². The van der Waals surface area contributed by atoms with Gasteiger partial charge in [-0.15, -0.1) is 0 Å². The van der Waals surface area contributed by atoms with Crippen LogP contribution in [0.2, 0.25) is 0 Å². The molecular formula is C71H138O17P2. The maximum atomic E-state index is 13.0. The number of aliphatic hydroxyl groups excluding tert-OH is 1. The van der Waals surface area contributed by atoms with Crippen LogP contribution < -0.4 is 0 Å². The Balaban J connectivity index is 5.19. The third kappa shape index (κ3) is 63.5. The highest BCUT2D eigenvalue weighted by molar-refractivity contribution is 7.47. The monoisotopic (exact) mass is 1320 g/mol. The van der Waals surface area contributed by atoms with E-state index in [9.17, 15) is 43.2 Å². The Kier molecular flexibility index (Phi) is 59.4. The van der Waals surface area contributed by atoms with E-state index < -0.39 is 97.5 Å². The average Bonchev–Trinajstić information content (AvgIpc) is 2.67. The van der Waals surface area contributed by atoms with E-state index >= 15 is 0 Å². The van der Waals surface area contributed by atoms with Gasteiger partial charge in [-0.25, -0.2) is 9.13 Å². The molecular weight excluding hydrogens is 1190 g/mol. The highest BCUT2D eigenvalue weighted by Crippen LogP contribution is 2.45. The topological polar surface area (TPSA) is 237 Å². The lowest BCUT2D eigenvalue weighted by molar-refractivity contribution is -0.161. The van der Waals surface area contributed by atoms with Crippen molar-refractivity contribution in [3.05, 3.63) is 0 Å². The van der Waals surface area contributed by atoms with Gasteiger partial charge in [-0.1, -0.05) is 299 Å². The SMILES string of the molecule is CCC(C)CCCCCCCCC(=O)OC[C@H](COP(=O)(O)OC[C@H](O)COP(=O)(O)OC[C@@H](COC(=O)CCCCCCCCCCCCCCCCCC(C)C)OC(=O)CCCCCCCCCC(C)C)OC(=O)CCCCCCCCCCCC(C)C. The quantitative estimate of drug-likeness (QED) is 0.0222. The molecule has 19 heteroatoms. The summed E-state index contributed by atoms with van der Waals surface area (Å²) in [6.07, 6.45) is 43.3. The van der Waals surface area contributed by atoms with E-state index in [0.717, 1.165) is 114 Å². The molecule has 0 rings (SSSR count). The molecule has 534 valence electrons. The molecule has 3 N–H and O–H groups in total. The van der Waals surface area contributed by atoms with E-state index in [2.05, 4.69) is 55.4 Å². The highest BCUT2D eigenvalue weighted by atomic mass is 31.2. The van der Waals surface area contributed by atoms with Gasteiger partial charge in [-0.3, -0.25) is 37.3 Å². The zero-order valence-corrected chi connectivity index (χ0v) is 60.6. The first-order chi connectivity index (χ1) is 43.1. The molecule has 0 aromatic rings. The minimum atomic E-state index is -4.95. The number of phosphoric acid groups is 2. The molecule has 0 radical (unpaired) electrons. The molecule has 0 aromatic heterocycles. The normalized spacial score (nSPS) is 14.6. The maximum absolute atomic E-state index is 13.0. The third-order valence-electron chi connectivity index (χ3n) is 16.7. The van der Waals surface area contributed by atoms with E-state index in [4.69, 9.17) is 37.0 Å². The van der Waals surface area contributed by atoms with Crippen LogP contribution in [0.3, 0.4) is 0 Å². The first kappa shape index (κ1) is 88.1. The van der Waals surface area contributed by atoms with Gasteiger partial charge in [0.25, 0.3) is 0 Å². The Morgan fingerprint density at radius 1 is 0.311 bits per heavy atom. The molecule has 0 bridgehead atoms. The molecule has 90 heavy (non-hydrogen) atoms. The Labute approximate surface area is 549 Å². The zero-order chi connectivity index (χ0) is 66.8. The lowest BCUT2D eigenvalue weighted by Crippen LogP contribution is -2.30. The van der Waals surface area contributed by atoms with Gasteiger partial charge in [0.15, 0.2) is 12.2 Å². The van der Waals surface area contributed by atoms with Crippen LogP contribution >= 0.6 is 15.6 Å². The summed E-state index contributed by atoms with van der Waals surface area (Å²) in [6, 6.07) is 0. The standard InChI is InChI=1S/C71H138O17P2/c1-9-64(8)50-42-34-29-30-36-44-52-69(74)82-58-67(87-70(75)53-45-37-27-21-17-19-24-32-40-48-62(4)5)60-86-90(79,80)84-56-65(72)55-83-89(77,78)85-59-66(88-71(76)54-46-38-28-22-25-33-41-49-63(6)7)57-81-68(73)51-43-35-26-20-16-14-12-10-11-13-15-18-23-31-39-47-61(2)3/h61-67,72H,9-60H2,1-8H3,(H,77,78)(H,79,80)/t64?,65-,66-,67-/m1/s1.